The summed E-state index contributed by atoms with van der Waals surface area (Å²) in [6, 6.07) is 11.1. The largest absolute Gasteiger partial charge is 0.466 e. The number of furan rings is 1. The lowest BCUT2D eigenvalue weighted by Crippen LogP contribution is -2.22. The third-order valence-electron chi connectivity index (χ3n) is 3.74. The number of nitrogens with zero attached hydrogens (tertiary/aromatic N) is 2. The molecule has 0 aliphatic carbocycles. The topological polar surface area (TPSA) is 63.4 Å². The summed E-state index contributed by atoms with van der Waals surface area (Å²) in [6.07, 6.45) is 3.12. The first-order valence-electron chi connectivity index (χ1n) is 8.06. The summed E-state index contributed by atoms with van der Waals surface area (Å²) in [6.45, 7) is 5.07. The van der Waals surface area contributed by atoms with Gasteiger partial charge in [-0.05, 0) is 44.2 Å². The molecule has 1 aromatic carbocycles. The summed E-state index contributed by atoms with van der Waals surface area (Å²) in [5, 5.41) is 2.37. The summed E-state index contributed by atoms with van der Waals surface area (Å²) in [7, 11) is 0. The Bertz CT molecular complexity index is 970. The highest BCUT2D eigenvalue weighted by Crippen LogP contribution is 2.29. The normalized spacial score (nSPS) is 11.0. The van der Waals surface area contributed by atoms with E-state index in [1.807, 2.05) is 35.7 Å². The number of rotatable bonds is 5. The lowest BCUT2D eigenvalue weighted by Gasteiger charge is -2.17. The van der Waals surface area contributed by atoms with E-state index in [2.05, 4.69) is 4.98 Å². The second-order valence-corrected chi connectivity index (χ2v) is 6.61. The molecule has 3 rings (SSSR count). The van der Waals surface area contributed by atoms with Crippen molar-refractivity contribution in [2.75, 3.05) is 4.90 Å². The van der Waals surface area contributed by atoms with Crippen molar-refractivity contribution in [2.24, 2.45) is 0 Å². The first-order chi connectivity index (χ1) is 12.5. The number of aromatic nitrogens is 1. The van der Waals surface area contributed by atoms with Crippen molar-refractivity contribution < 1.29 is 14.0 Å². The van der Waals surface area contributed by atoms with Crippen molar-refractivity contribution >= 4 is 39.9 Å². The molecule has 2 heterocycles. The van der Waals surface area contributed by atoms with Crippen LogP contribution in [0.25, 0.3) is 6.08 Å². The van der Waals surface area contributed by atoms with E-state index in [0.29, 0.717) is 27.9 Å². The molecule has 5 nitrogen and oxygen atoms in total. The zero-order chi connectivity index (χ0) is 18.7. The number of hydrogen-bond donors (Lipinski definition) is 0. The summed E-state index contributed by atoms with van der Waals surface area (Å²) in [4.78, 5) is 30.4. The van der Waals surface area contributed by atoms with Crippen molar-refractivity contribution in [3.63, 3.8) is 0 Å². The summed E-state index contributed by atoms with van der Waals surface area (Å²) in [5.74, 6) is 1.04. The van der Waals surface area contributed by atoms with Crippen LogP contribution >= 0.6 is 11.3 Å². The van der Waals surface area contributed by atoms with Crippen LogP contribution in [-0.2, 0) is 4.79 Å². The van der Waals surface area contributed by atoms with Crippen LogP contribution in [0.4, 0.5) is 10.8 Å². The first-order valence-corrected chi connectivity index (χ1v) is 8.94. The van der Waals surface area contributed by atoms with Gasteiger partial charge >= 0.3 is 0 Å². The van der Waals surface area contributed by atoms with Crippen LogP contribution in [0.15, 0.2) is 52.3 Å². The minimum absolute atomic E-state index is 0.123. The number of amides is 1. The van der Waals surface area contributed by atoms with E-state index in [1.165, 1.54) is 24.3 Å². The van der Waals surface area contributed by atoms with Crippen molar-refractivity contribution in [1.29, 1.82) is 0 Å². The van der Waals surface area contributed by atoms with E-state index in [4.69, 9.17) is 4.42 Å². The predicted octanol–water partition coefficient (Wildman–Crippen LogP) is 4.93. The van der Waals surface area contributed by atoms with Gasteiger partial charge in [-0.3, -0.25) is 14.5 Å². The summed E-state index contributed by atoms with van der Waals surface area (Å²) in [5.41, 5.74) is 1.92. The molecule has 132 valence electrons. The molecule has 0 aliphatic heterocycles. The van der Waals surface area contributed by atoms with Crippen LogP contribution in [0.2, 0.25) is 0 Å². The second kappa shape index (κ2) is 7.49. The molecule has 0 N–H and O–H groups in total. The van der Waals surface area contributed by atoms with Gasteiger partial charge < -0.3 is 4.42 Å². The number of benzene rings is 1. The van der Waals surface area contributed by atoms with Gasteiger partial charge in [-0.25, -0.2) is 4.98 Å². The molecule has 0 bridgehead atoms. The number of anilines is 2. The number of carbonyl (C=O) groups excluding carboxylic acids is 2. The van der Waals surface area contributed by atoms with Crippen LogP contribution < -0.4 is 4.90 Å². The first kappa shape index (κ1) is 17.8. The predicted molar refractivity (Wildman–Crippen MR) is 103 cm³/mol. The van der Waals surface area contributed by atoms with E-state index < -0.39 is 0 Å². The molecule has 3 aromatic rings. The highest BCUT2D eigenvalue weighted by molar-refractivity contribution is 7.14. The van der Waals surface area contributed by atoms with Crippen molar-refractivity contribution in [3.05, 3.63) is 70.6 Å². The molecule has 0 saturated heterocycles. The average molecular weight is 366 g/mol. The van der Waals surface area contributed by atoms with Gasteiger partial charge in [0.1, 0.15) is 11.5 Å². The van der Waals surface area contributed by atoms with Gasteiger partial charge in [-0.2, -0.15) is 0 Å². The Morgan fingerprint density at radius 2 is 1.92 bits per heavy atom. The van der Waals surface area contributed by atoms with Crippen LogP contribution in [0.1, 0.15) is 34.5 Å². The second-order valence-electron chi connectivity index (χ2n) is 5.77. The lowest BCUT2D eigenvalue weighted by molar-refractivity contribution is -0.115. The maximum atomic E-state index is 12.3. The molecule has 2 aromatic heterocycles. The fourth-order valence-corrected chi connectivity index (χ4v) is 3.44. The number of thiazole rings is 1. The molecule has 0 atom stereocenters. The third kappa shape index (κ3) is 3.81. The van der Waals surface area contributed by atoms with Crippen LogP contribution in [0.5, 0.6) is 0 Å². The van der Waals surface area contributed by atoms with Gasteiger partial charge in [0.25, 0.3) is 0 Å². The maximum absolute atomic E-state index is 12.3. The van der Waals surface area contributed by atoms with Gasteiger partial charge in [-0.15, -0.1) is 11.3 Å². The van der Waals surface area contributed by atoms with Gasteiger partial charge in [0.15, 0.2) is 10.9 Å². The minimum Gasteiger partial charge on any atom is -0.466 e. The molecule has 0 spiro atoms. The van der Waals surface area contributed by atoms with Gasteiger partial charge in [0, 0.05) is 12.3 Å². The SMILES string of the molecule is CC(=O)N(c1ccccc1)c1nc(/C=C/C(=O)c2cc(C)oc2C)cs1. The Hall–Kier alpha value is -2.99. The van der Waals surface area contributed by atoms with Crippen LogP contribution in [-0.4, -0.2) is 16.7 Å². The molecule has 0 fully saturated rings. The fraction of sp³-hybridized carbons (Fsp3) is 0.150. The van der Waals surface area contributed by atoms with Crippen molar-refractivity contribution in [2.45, 2.75) is 20.8 Å². The number of para-hydroxylation sites is 1. The molecular weight excluding hydrogens is 348 g/mol. The van der Waals surface area contributed by atoms with E-state index in [-0.39, 0.29) is 11.7 Å². The van der Waals surface area contributed by atoms with Crippen molar-refractivity contribution in [3.8, 4) is 0 Å². The Morgan fingerprint density at radius 1 is 1.19 bits per heavy atom. The van der Waals surface area contributed by atoms with E-state index >= 15 is 0 Å². The molecule has 0 unspecified atom stereocenters. The third-order valence-corrected chi connectivity index (χ3v) is 4.59. The average Bonchev–Trinajstić information content (AvgIpc) is 3.20. The monoisotopic (exact) mass is 366 g/mol. The Kier molecular flexibility index (Phi) is 5.14. The van der Waals surface area contributed by atoms with Crippen LogP contribution in [0, 0.1) is 13.8 Å². The number of hydrogen-bond acceptors (Lipinski definition) is 5. The fourth-order valence-electron chi connectivity index (χ4n) is 2.59. The lowest BCUT2D eigenvalue weighted by atomic mass is 10.1. The molecule has 0 radical (unpaired) electrons. The van der Waals surface area contributed by atoms with Crippen molar-refractivity contribution in [1.82, 2.24) is 4.98 Å². The zero-order valence-electron chi connectivity index (χ0n) is 14.7. The highest BCUT2D eigenvalue weighted by Gasteiger charge is 2.17. The quantitative estimate of drug-likeness (QED) is 0.474. The number of carbonyl (C=O) groups is 2. The Balaban J connectivity index is 1.82. The summed E-state index contributed by atoms with van der Waals surface area (Å²) >= 11 is 1.35. The van der Waals surface area contributed by atoms with Crippen LogP contribution in [0.3, 0.4) is 0 Å². The zero-order valence-corrected chi connectivity index (χ0v) is 15.5. The Morgan fingerprint density at radius 3 is 2.54 bits per heavy atom. The minimum atomic E-state index is -0.139. The van der Waals surface area contributed by atoms with E-state index in [1.54, 1.807) is 30.9 Å². The highest BCUT2D eigenvalue weighted by atomic mass is 32.1. The standard InChI is InChI=1S/C20H18N2O3S/c1-13-11-18(14(2)25-13)19(24)10-9-16-12-26-20(21-16)22(15(3)23)17-7-5-4-6-8-17/h4-12H,1-3H3/b10-9+. The molecule has 6 heteroatoms. The molecule has 0 saturated carbocycles. The smallest absolute Gasteiger partial charge is 0.230 e. The molecule has 0 aliphatic rings. The molecular formula is C20H18N2O3S. The number of allylic oxidation sites excluding steroid dienone is 1. The van der Waals surface area contributed by atoms with E-state index in [0.717, 1.165) is 5.69 Å². The van der Waals surface area contributed by atoms with Gasteiger partial charge in [-0.1, -0.05) is 18.2 Å². The van der Waals surface area contributed by atoms with E-state index in [9.17, 15) is 9.59 Å². The Labute approximate surface area is 155 Å². The summed E-state index contributed by atoms with van der Waals surface area (Å²) < 4.78 is 5.39. The number of ketones is 1. The van der Waals surface area contributed by atoms with Gasteiger partial charge in [0.2, 0.25) is 5.91 Å². The molecule has 26 heavy (non-hydrogen) atoms. The number of aryl methyl sites for hydroxylation is 2. The maximum Gasteiger partial charge on any atom is 0.230 e. The van der Waals surface area contributed by atoms with Gasteiger partial charge in [0.05, 0.1) is 16.9 Å². The molecule has 1 amide bonds.